The summed E-state index contributed by atoms with van der Waals surface area (Å²) < 4.78 is 7.33. The predicted octanol–water partition coefficient (Wildman–Crippen LogP) is 3.36. The molecule has 1 heterocycles. The zero-order valence-electron chi connectivity index (χ0n) is 14.4. The van der Waals surface area contributed by atoms with E-state index in [1.807, 2.05) is 48.7 Å². The minimum atomic E-state index is 0.651. The summed E-state index contributed by atoms with van der Waals surface area (Å²) in [6, 6.07) is 5.98. The molecule has 1 aromatic heterocycles. The van der Waals surface area contributed by atoms with Crippen molar-refractivity contribution in [2.45, 2.75) is 33.9 Å². The fourth-order valence-corrected chi connectivity index (χ4v) is 2.51. The number of hydrogen-bond donors (Lipinski definition) is 1. The molecule has 0 amide bonds. The molecular formula is C17H24N4OS. The average molecular weight is 332 g/mol. The van der Waals surface area contributed by atoms with Crippen molar-refractivity contribution >= 4 is 23.0 Å². The van der Waals surface area contributed by atoms with Crippen molar-refractivity contribution in [2.75, 3.05) is 19.5 Å². The maximum Gasteiger partial charge on any atom is 0.173 e. The number of thiocarbonyl (C=S) groups is 1. The second-order valence-corrected chi connectivity index (χ2v) is 5.97. The third kappa shape index (κ3) is 4.22. The summed E-state index contributed by atoms with van der Waals surface area (Å²) in [4.78, 5) is 2.00. The Balaban J connectivity index is 2.08. The first-order chi connectivity index (χ1) is 10.9. The summed E-state index contributed by atoms with van der Waals surface area (Å²) in [6.45, 7) is 7.73. The van der Waals surface area contributed by atoms with E-state index in [-0.39, 0.29) is 0 Å². The normalized spacial score (nSPS) is 10.5. The van der Waals surface area contributed by atoms with E-state index in [1.165, 1.54) is 5.56 Å². The molecule has 0 saturated heterocycles. The fourth-order valence-electron chi connectivity index (χ4n) is 2.33. The molecule has 0 bridgehead atoms. The molecule has 0 saturated carbocycles. The summed E-state index contributed by atoms with van der Waals surface area (Å²) in [7, 11) is 3.63. The van der Waals surface area contributed by atoms with Crippen molar-refractivity contribution in [2.24, 2.45) is 0 Å². The second kappa shape index (κ2) is 7.46. The van der Waals surface area contributed by atoms with Gasteiger partial charge in [0.05, 0.1) is 18.5 Å². The fraction of sp³-hybridized carbons (Fsp3) is 0.412. The Morgan fingerprint density at radius 2 is 2.13 bits per heavy atom. The molecule has 0 radical (unpaired) electrons. The number of rotatable bonds is 5. The molecule has 1 N–H and O–H groups in total. The van der Waals surface area contributed by atoms with Crippen LogP contribution in [0, 0.1) is 13.8 Å². The lowest BCUT2D eigenvalue weighted by Gasteiger charge is -2.22. The minimum absolute atomic E-state index is 0.651. The van der Waals surface area contributed by atoms with Crippen molar-refractivity contribution < 1.29 is 4.74 Å². The number of hydrogen-bond acceptors (Lipinski definition) is 3. The van der Waals surface area contributed by atoms with Crippen molar-refractivity contribution in [3.63, 3.8) is 0 Å². The molecule has 2 rings (SSSR count). The summed E-state index contributed by atoms with van der Waals surface area (Å²) in [5.74, 6) is 0.779. The number of aryl methyl sites for hydroxylation is 3. The summed E-state index contributed by atoms with van der Waals surface area (Å²) in [5, 5.41) is 8.39. The Kier molecular flexibility index (Phi) is 5.60. The monoisotopic (exact) mass is 332 g/mol. The molecule has 0 atom stereocenters. The lowest BCUT2D eigenvalue weighted by molar-refractivity contribution is 0.416. The molecule has 0 aliphatic rings. The molecule has 1 aromatic carbocycles. The number of aromatic nitrogens is 2. The maximum absolute atomic E-state index is 5.52. The number of anilines is 1. The molecule has 0 unspecified atom stereocenters. The molecule has 0 aliphatic carbocycles. The highest BCUT2D eigenvalue weighted by Crippen LogP contribution is 2.25. The maximum atomic E-state index is 5.52. The summed E-state index contributed by atoms with van der Waals surface area (Å²) in [6.07, 6.45) is 2.07. The van der Waals surface area contributed by atoms with E-state index in [0.717, 1.165) is 29.2 Å². The zero-order valence-corrected chi connectivity index (χ0v) is 15.2. The van der Waals surface area contributed by atoms with E-state index in [0.29, 0.717) is 11.7 Å². The van der Waals surface area contributed by atoms with Crippen LogP contribution >= 0.6 is 12.2 Å². The quantitative estimate of drug-likeness (QED) is 0.851. The van der Waals surface area contributed by atoms with Gasteiger partial charge in [-0.25, -0.2) is 0 Å². The van der Waals surface area contributed by atoms with Gasteiger partial charge in [0.1, 0.15) is 5.75 Å². The van der Waals surface area contributed by atoms with Gasteiger partial charge in [-0.2, -0.15) is 5.10 Å². The summed E-state index contributed by atoms with van der Waals surface area (Å²) in [5.41, 5.74) is 4.24. The third-order valence-electron chi connectivity index (χ3n) is 3.72. The first kappa shape index (κ1) is 17.3. The second-order valence-electron chi connectivity index (χ2n) is 5.59. The Bertz CT molecular complexity index is 696. The highest BCUT2D eigenvalue weighted by Gasteiger charge is 2.12. The van der Waals surface area contributed by atoms with Crippen LogP contribution in [0.25, 0.3) is 0 Å². The lowest BCUT2D eigenvalue weighted by atomic mass is 10.2. The van der Waals surface area contributed by atoms with Crippen LogP contribution in [-0.4, -0.2) is 34.0 Å². The van der Waals surface area contributed by atoms with E-state index < -0.39 is 0 Å². The van der Waals surface area contributed by atoms with Gasteiger partial charge < -0.3 is 15.0 Å². The number of benzene rings is 1. The van der Waals surface area contributed by atoms with Gasteiger partial charge in [-0.1, -0.05) is 6.07 Å². The first-order valence-electron chi connectivity index (χ1n) is 7.64. The largest absolute Gasteiger partial charge is 0.495 e. The molecular weight excluding hydrogens is 308 g/mol. The van der Waals surface area contributed by atoms with Crippen LogP contribution in [0.5, 0.6) is 5.75 Å². The number of nitrogens with zero attached hydrogens (tertiary/aromatic N) is 3. The molecule has 23 heavy (non-hydrogen) atoms. The van der Waals surface area contributed by atoms with Gasteiger partial charge in [0, 0.05) is 31.9 Å². The third-order valence-corrected chi connectivity index (χ3v) is 4.14. The van der Waals surface area contributed by atoms with Crippen LogP contribution in [0.15, 0.2) is 24.4 Å². The van der Waals surface area contributed by atoms with Crippen molar-refractivity contribution in [3.8, 4) is 5.75 Å². The molecule has 2 aromatic rings. The van der Waals surface area contributed by atoms with Gasteiger partial charge in [0.15, 0.2) is 5.11 Å². The van der Waals surface area contributed by atoms with Crippen molar-refractivity contribution in [1.29, 1.82) is 0 Å². The highest BCUT2D eigenvalue weighted by atomic mass is 32.1. The van der Waals surface area contributed by atoms with E-state index in [2.05, 4.69) is 23.5 Å². The van der Waals surface area contributed by atoms with Gasteiger partial charge in [-0.05, 0) is 50.7 Å². The first-order valence-corrected chi connectivity index (χ1v) is 8.05. The van der Waals surface area contributed by atoms with Gasteiger partial charge in [-0.15, -0.1) is 0 Å². The summed E-state index contributed by atoms with van der Waals surface area (Å²) >= 11 is 5.52. The Labute approximate surface area is 143 Å². The Morgan fingerprint density at radius 3 is 2.74 bits per heavy atom. The number of nitrogens with one attached hydrogen (secondary N) is 1. The van der Waals surface area contributed by atoms with Gasteiger partial charge >= 0.3 is 0 Å². The smallest absolute Gasteiger partial charge is 0.173 e. The van der Waals surface area contributed by atoms with Gasteiger partial charge in [0.25, 0.3) is 0 Å². The van der Waals surface area contributed by atoms with Crippen LogP contribution in [0.4, 0.5) is 5.69 Å². The van der Waals surface area contributed by atoms with Crippen LogP contribution in [0.2, 0.25) is 0 Å². The van der Waals surface area contributed by atoms with E-state index in [9.17, 15) is 0 Å². The predicted molar refractivity (Wildman–Crippen MR) is 98.1 cm³/mol. The average Bonchev–Trinajstić information content (AvgIpc) is 2.87. The van der Waals surface area contributed by atoms with Crippen LogP contribution in [-0.2, 0) is 13.1 Å². The number of ether oxygens (including phenoxy) is 1. The molecule has 0 aliphatic heterocycles. The van der Waals surface area contributed by atoms with Crippen molar-refractivity contribution in [3.05, 3.63) is 41.2 Å². The molecule has 5 nitrogen and oxygen atoms in total. The topological polar surface area (TPSA) is 42.3 Å². The molecule has 0 fully saturated rings. The van der Waals surface area contributed by atoms with E-state index >= 15 is 0 Å². The van der Waals surface area contributed by atoms with Crippen LogP contribution in [0.3, 0.4) is 0 Å². The SMILES string of the molecule is CCn1cc(CN(C)C(=S)Nc2cc(C)ccc2OC)c(C)n1. The Hall–Kier alpha value is -2.08. The van der Waals surface area contributed by atoms with E-state index in [4.69, 9.17) is 17.0 Å². The van der Waals surface area contributed by atoms with E-state index in [1.54, 1.807) is 7.11 Å². The minimum Gasteiger partial charge on any atom is -0.495 e. The van der Waals surface area contributed by atoms with Gasteiger partial charge in [-0.3, -0.25) is 4.68 Å². The van der Waals surface area contributed by atoms with Gasteiger partial charge in [0.2, 0.25) is 0 Å². The van der Waals surface area contributed by atoms with Crippen LogP contribution in [0.1, 0.15) is 23.7 Å². The lowest BCUT2D eigenvalue weighted by Crippen LogP contribution is -2.30. The zero-order chi connectivity index (χ0) is 17.0. The molecule has 6 heteroatoms. The standard InChI is InChI=1S/C17H24N4OS/c1-6-21-11-14(13(3)19-21)10-20(4)17(23)18-15-9-12(2)7-8-16(15)22-5/h7-9,11H,6,10H2,1-5H3,(H,18,23). The Morgan fingerprint density at radius 1 is 1.39 bits per heavy atom. The molecule has 0 spiro atoms. The van der Waals surface area contributed by atoms with Crippen molar-refractivity contribution in [1.82, 2.24) is 14.7 Å². The van der Waals surface area contributed by atoms with Crippen LogP contribution < -0.4 is 10.1 Å². The number of methoxy groups -OCH3 is 1. The molecule has 124 valence electrons. The highest BCUT2D eigenvalue weighted by molar-refractivity contribution is 7.80.